The molecular weight excluding hydrogens is 290 g/mol. The molecule has 1 unspecified atom stereocenters. The van der Waals surface area contributed by atoms with Crippen molar-refractivity contribution < 1.29 is 9.32 Å². The molecule has 23 heavy (non-hydrogen) atoms. The van der Waals surface area contributed by atoms with Crippen LogP contribution in [0.15, 0.2) is 28.8 Å². The van der Waals surface area contributed by atoms with Crippen molar-refractivity contribution >= 4 is 16.9 Å². The van der Waals surface area contributed by atoms with Gasteiger partial charge in [0.1, 0.15) is 5.69 Å². The third kappa shape index (κ3) is 3.91. The topological polar surface area (TPSA) is 58.4 Å². The molecule has 3 rings (SSSR count). The van der Waals surface area contributed by atoms with Gasteiger partial charge < -0.3 is 9.84 Å². The first-order chi connectivity index (χ1) is 11.1. The molecule has 1 aliphatic rings. The first-order valence-corrected chi connectivity index (χ1v) is 8.47. The predicted octanol–water partition coefficient (Wildman–Crippen LogP) is 2.61. The molecule has 1 aliphatic heterocycles. The Bertz CT molecular complexity index is 659. The summed E-state index contributed by atoms with van der Waals surface area (Å²) < 4.78 is 5.24. The molecule has 1 fully saturated rings. The Hall–Kier alpha value is -1.88. The summed E-state index contributed by atoms with van der Waals surface area (Å²) in [5.41, 5.74) is 1.43. The lowest BCUT2D eigenvalue weighted by molar-refractivity contribution is -0.120. The van der Waals surface area contributed by atoms with Gasteiger partial charge in [-0.3, -0.25) is 9.69 Å². The maximum absolute atomic E-state index is 12.2. The molecule has 1 amide bonds. The van der Waals surface area contributed by atoms with Crippen LogP contribution in [-0.2, 0) is 11.2 Å². The Labute approximate surface area is 137 Å². The van der Waals surface area contributed by atoms with Crippen LogP contribution in [0.1, 0.15) is 32.4 Å². The zero-order valence-electron chi connectivity index (χ0n) is 13.9. The van der Waals surface area contributed by atoms with Crippen LogP contribution >= 0.6 is 0 Å². The normalized spacial score (nSPS) is 18.2. The van der Waals surface area contributed by atoms with E-state index in [0.29, 0.717) is 18.3 Å². The highest BCUT2D eigenvalue weighted by atomic mass is 16.5. The number of hydrogen-bond acceptors (Lipinski definition) is 4. The molecule has 0 radical (unpaired) electrons. The molecule has 1 N–H and O–H groups in total. The van der Waals surface area contributed by atoms with Crippen LogP contribution < -0.4 is 5.32 Å². The third-order valence-electron chi connectivity index (χ3n) is 4.82. The summed E-state index contributed by atoms with van der Waals surface area (Å²) in [5.74, 6) is 0.828. The van der Waals surface area contributed by atoms with Crippen LogP contribution in [0.2, 0.25) is 0 Å². The number of carbonyl (C=O) groups is 1. The monoisotopic (exact) mass is 315 g/mol. The van der Waals surface area contributed by atoms with Gasteiger partial charge in [0.25, 0.3) is 0 Å². The first-order valence-electron chi connectivity index (χ1n) is 8.47. The maximum atomic E-state index is 12.2. The van der Waals surface area contributed by atoms with Crippen LogP contribution in [0, 0.1) is 5.92 Å². The molecule has 1 aromatic carbocycles. The minimum Gasteiger partial charge on any atom is -0.356 e. The Morgan fingerprint density at radius 3 is 2.91 bits per heavy atom. The number of carbonyl (C=O) groups excluding carboxylic acids is 1. The van der Waals surface area contributed by atoms with Crippen LogP contribution in [0.25, 0.3) is 11.0 Å². The van der Waals surface area contributed by atoms with Gasteiger partial charge >= 0.3 is 0 Å². The van der Waals surface area contributed by atoms with Crippen molar-refractivity contribution in [2.75, 3.05) is 19.6 Å². The van der Waals surface area contributed by atoms with Crippen molar-refractivity contribution in [2.24, 2.45) is 5.92 Å². The fourth-order valence-corrected chi connectivity index (χ4v) is 3.14. The van der Waals surface area contributed by atoms with E-state index < -0.39 is 0 Å². The number of likely N-dealkylation sites (tertiary alicyclic amines) is 1. The van der Waals surface area contributed by atoms with Gasteiger partial charge in [-0.05, 0) is 50.9 Å². The smallest absolute Gasteiger partial charge is 0.226 e. The summed E-state index contributed by atoms with van der Waals surface area (Å²) >= 11 is 0. The fraction of sp³-hybridized carbons (Fsp3) is 0.556. The molecule has 5 heteroatoms. The van der Waals surface area contributed by atoms with Gasteiger partial charge in [-0.1, -0.05) is 24.2 Å². The Kier molecular flexibility index (Phi) is 4.96. The van der Waals surface area contributed by atoms with Crippen molar-refractivity contribution in [1.82, 2.24) is 15.4 Å². The maximum Gasteiger partial charge on any atom is 0.226 e. The van der Waals surface area contributed by atoms with Crippen molar-refractivity contribution in [2.45, 2.75) is 39.2 Å². The van der Waals surface area contributed by atoms with E-state index in [-0.39, 0.29) is 12.3 Å². The van der Waals surface area contributed by atoms with Crippen LogP contribution in [0.4, 0.5) is 0 Å². The van der Waals surface area contributed by atoms with E-state index >= 15 is 0 Å². The van der Waals surface area contributed by atoms with Crippen LogP contribution in [-0.4, -0.2) is 41.6 Å². The second-order valence-corrected chi connectivity index (χ2v) is 6.67. The molecule has 1 aromatic heterocycles. The van der Waals surface area contributed by atoms with Crippen molar-refractivity contribution in [3.8, 4) is 0 Å². The number of para-hydroxylation sites is 1. The number of fused-ring (bicyclic) bond motifs is 1. The SMILES string of the molecule is CC1CCN(C(C)CNC(=O)Cc2noc3ccccc23)CC1. The summed E-state index contributed by atoms with van der Waals surface area (Å²) in [7, 11) is 0. The molecule has 0 bridgehead atoms. The van der Waals surface area contributed by atoms with Crippen LogP contribution in [0.3, 0.4) is 0 Å². The van der Waals surface area contributed by atoms with Gasteiger partial charge in [0.2, 0.25) is 5.91 Å². The lowest BCUT2D eigenvalue weighted by Crippen LogP contribution is -2.45. The Morgan fingerprint density at radius 1 is 1.39 bits per heavy atom. The molecule has 5 nitrogen and oxygen atoms in total. The van der Waals surface area contributed by atoms with Crippen molar-refractivity contribution in [3.05, 3.63) is 30.0 Å². The highest BCUT2D eigenvalue weighted by Crippen LogP contribution is 2.19. The van der Waals surface area contributed by atoms with Gasteiger partial charge in [-0.25, -0.2) is 0 Å². The number of rotatable bonds is 5. The highest BCUT2D eigenvalue weighted by Gasteiger charge is 2.21. The molecule has 0 spiro atoms. The minimum absolute atomic E-state index is 0.00119. The molecular formula is C18H25N3O2. The average molecular weight is 315 g/mol. The van der Waals surface area contributed by atoms with E-state index in [1.807, 2.05) is 24.3 Å². The van der Waals surface area contributed by atoms with E-state index in [0.717, 1.165) is 30.0 Å². The molecule has 0 saturated carbocycles. The standard InChI is InChI=1S/C18H25N3O2/c1-13-7-9-21(10-8-13)14(2)12-19-18(22)11-16-15-5-3-4-6-17(15)23-20-16/h3-6,13-14H,7-12H2,1-2H3,(H,19,22). The quantitative estimate of drug-likeness (QED) is 0.921. The van der Waals surface area contributed by atoms with Gasteiger partial charge in [0.15, 0.2) is 5.58 Å². The summed E-state index contributed by atoms with van der Waals surface area (Å²) in [4.78, 5) is 14.6. The van der Waals surface area contributed by atoms with Crippen LogP contribution in [0.5, 0.6) is 0 Å². The summed E-state index contributed by atoms with van der Waals surface area (Å²) in [6.07, 6.45) is 2.77. The second kappa shape index (κ2) is 7.13. The van der Waals surface area contributed by atoms with E-state index in [9.17, 15) is 4.79 Å². The summed E-state index contributed by atoms with van der Waals surface area (Å²) in [6, 6.07) is 8.01. The first kappa shape index (κ1) is 16.0. The molecule has 1 saturated heterocycles. The van der Waals surface area contributed by atoms with E-state index in [1.165, 1.54) is 12.8 Å². The zero-order chi connectivity index (χ0) is 16.2. The number of aromatic nitrogens is 1. The van der Waals surface area contributed by atoms with Gasteiger partial charge in [0, 0.05) is 18.0 Å². The van der Waals surface area contributed by atoms with Gasteiger partial charge in [-0.15, -0.1) is 0 Å². The third-order valence-corrected chi connectivity index (χ3v) is 4.82. The number of amides is 1. The Morgan fingerprint density at radius 2 is 2.13 bits per heavy atom. The zero-order valence-corrected chi connectivity index (χ0v) is 13.9. The average Bonchev–Trinajstić information content (AvgIpc) is 2.96. The lowest BCUT2D eigenvalue weighted by Gasteiger charge is -2.35. The second-order valence-electron chi connectivity index (χ2n) is 6.67. The minimum atomic E-state index is 0.00119. The largest absolute Gasteiger partial charge is 0.356 e. The summed E-state index contributed by atoms with van der Waals surface area (Å²) in [5, 5.41) is 7.96. The number of benzene rings is 1. The van der Waals surface area contributed by atoms with E-state index in [1.54, 1.807) is 0 Å². The molecule has 2 aromatic rings. The molecule has 2 heterocycles. The molecule has 0 aliphatic carbocycles. The van der Waals surface area contributed by atoms with Gasteiger partial charge in [0.05, 0.1) is 6.42 Å². The highest BCUT2D eigenvalue weighted by molar-refractivity contribution is 5.86. The number of hydrogen-bond donors (Lipinski definition) is 1. The van der Waals surface area contributed by atoms with Crippen molar-refractivity contribution in [3.63, 3.8) is 0 Å². The fourth-order valence-electron chi connectivity index (χ4n) is 3.14. The number of nitrogens with one attached hydrogen (secondary N) is 1. The van der Waals surface area contributed by atoms with E-state index in [4.69, 9.17) is 4.52 Å². The molecule has 1 atom stereocenters. The predicted molar refractivity (Wildman–Crippen MR) is 90.2 cm³/mol. The van der Waals surface area contributed by atoms with Crippen molar-refractivity contribution in [1.29, 1.82) is 0 Å². The number of nitrogens with zero attached hydrogens (tertiary/aromatic N) is 2. The molecule has 124 valence electrons. The van der Waals surface area contributed by atoms with E-state index in [2.05, 4.69) is 29.2 Å². The summed E-state index contributed by atoms with van der Waals surface area (Å²) in [6.45, 7) is 7.44. The lowest BCUT2D eigenvalue weighted by atomic mass is 9.98. The van der Waals surface area contributed by atoms with Gasteiger partial charge in [-0.2, -0.15) is 0 Å². The number of piperidine rings is 1. The Balaban J connectivity index is 1.49.